The van der Waals surface area contributed by atoms with E-state index in [0.29, 0.717) is 41.6 Å². The summed E-state index contributed by atoms with van der Waals surface area (Å²) in [5, 5.41) is 76.9. The molecule has 3 saturated carbocycles. The van der Waals surface area contributed by atoms with E-state index in [0.717, 1.165) is 172 Å². The molecule has 3 aliphatic rings. The van der Waals surface area contributed by atoms with Crippen LogP contribution in [0.5, 0.6) is 0 Å². The number of nitrogen functional groups attached to an aromatic ring is 5. The van der Waals surface area contributed by atoms with Crippen molar-refractivity contribution in [3.8, 4) is 52.9 Å². The van der Waals surface area contributed by atoms with Crippen LogP contribution in [0, 0.1) is 11.8 Å². The van der Waals surface area contributed by atoms with Gasteiger partial charge >= 0.3 is 0 Å². The average Bonchev–Trinajstić information content (AvgIpc) is 1.62. The molecule has 0 aromatic carbocycles. The summed E-state index contributed by atoms with van der Waals surface area (Å²) in [7, 11) is 2.00. The molecular formula is C75H89N25O3S5. The molecule has 18 rings (SSSR count). The van der Waals surface area contributed by atoms with Crippen molar-refractivity contribution in [3.05, 3.63) is 122 Å². The van der Waals surface area contributed by atoms with Gasteiger partial charge in [-0.3, -0.25) is 25.5 Å². The Morgan fingerprint density at radius 2 is 0.861 bits per heavy atom. The van der Waals surface area contributed by atoms with Gasteiger partial charge in [-0.05, 0) is 151 Å². The van der Waals surface area contributed by atoms with Crippen LogP contribution in [0.4, 0.5) is 57.5 Å². The lowest BCUT2D eigenvalue weighted by Gasteiger charge is -2.41. The zero-order valence-corrected chi connectivity index (χ0v) is 64.3. The maximum Gasteiger partial charge on any atom is 0.126 e. The monoisotopic (exact) mass is 1550 g/mol. The standard InChI is InChI=1S/C17H21N5S.C15H17N5OS.C15H17N5S.2C14H17N5OS/c1-10-2-4-11(5-3-10)20-14-9-16(18)21-13-8-15(23-17(13)14)12-6-7-19-22-12;1-15(21)6-8(7-15)18-11-5-13(16)19-10-4-12(22-14(10)11)9-2-3-17-20-9;16-14-7-11(17-8-9-2-1-3-9)15-12(19-14)6-13(21-15)10-4-5-18-20-10;1-19(5-2-6-20)11-8-13(15)17-10-7-12(21-14(10)11)9-3-4-16-18-9;1-8(3-5-20)17-11-7-13(15)18-10-6-12(21-14(10)11)9-2-4-16-19-9/h6-11H,2-5H2,1H3,(H,19,22)(H3,18,20,21);2-5,8,21H,6-7H2,1H3,(H,17,20)(H3,16,18,19);4-7,9H,1-3,8H2,(H,18,20)(H3,16,17,19);3-4,7-8,20H,2,5-6H2,1H3,(H2,15,17)(H,16,18);2,4,6-8,20H,3,5H2,1H3,(H,16,19)(H3,15,17,18)/t;;;;8-/m....0/s1. The summed E-state index contributed by atoms with van der Waals surface area (Å²) < 4.78 is 5.55. The number of aromatic nitrogens is 15. The molecule has 3 fully saturated rings. The minimum absolute atomic E-state index is 0.154. The fourth-order valence-electron chi connectivity index (χ4n) is 13.4. The summed E-state index contributed by atoms with van der Waals surface area (Å²) in [6.45, 7) is 8.36. The number of hydrogen-bond donors (Lipinski definition) is 17. The van der Waals surface area contributed by atoms with Crippen molar-refractivity contribution in [3.63, 3.8) is 0 Å². The molecule has 33 heteroatoms. The Morgan fingerprint density at radius 1 is 0.491 bits per heavy atom. The number of nitrogens with one attached hydrogen (secondary N) is 9. The van der Waals surface area contributed by atoms with Crippen LogP contribution in [0.3, 0.4) is 0 Å². The molecule has 0 radical (unpaired) electrons. The van der Waals surface area contributed by atoms with Gasteiger partial charge in [-0.1, -0.05) is 13.3 Å². The molecule has 0 bridgehead atoms. The highest BCUT2D eigenvalue weighted by Gasteiger charge is 2.38. The van der Waals surface area contributed by atoms with Gasteiger partial charge < -0.3 is 70.2 Å². The topological polar surface area (TPSA) is 450 Å². The third-order valence-electron chi connectivity index (χ3n) is 19.2. The Labute approximate surface area is 642 Å². The van der Waals surface area contributed by atoms with Crippen LogP contribution in [-0.2, 0) is 0 Å². The molecule has 28 nitrogen and oxygen atoms in total. The van der Waals surface area contributed by atoms with Crippen LogP contribution in [0.15, 0.2) is 122 Å². The molecule has 15 aromatic rings. The molecule has 108 heavy (non-hydrogen) atoms. The van der Waals surface area contributed by atoms with Gasteiger partial charge in [0.1, 0.15) is 29.1 Å². The highest BCUT2D eigenvalue weighted by Crippen LogP contribution is 2.44. The van der Waals surface area contributed by atoms with Crippen LogP contribution >= 0.6 is 56.7 Å². The summed E-state index contributed by atoms with van der Waals surface area (Å²) in [5.74, 6) is 4.27. The first-order chi connectivity index (χ1) is 52.3. The number of fused-ring (bicyclic) bond motifs is 5. The number of thiophene rings is 5. The van der Waals surface area contributed by atoms with Gasteiger partial charge in [-0.25, -0.2) is 24.9 Å². The second kappa shape index (κ2) is 33.3. The lowest BCUT2D eigenvalue weighted by molar-refractivity contribution is -0.0234. The highest BCUT2D eigenvalue weighted by atomic mass is 32.1. The van der Waals surface area contributed by atoms with Crippen molar-refractivity contribution in [2.24, 2.45) is 11.8 Å². The molecule has 0 amide bonds. The number of rotatable bonds is 20. The lowest BCUT2D eigenvalue weighted by atomic mass is 9.77. The van der Waals surface area contributed by atoms with Crippen LogP contribution in [0.25, 0.3) is 104 Å². The van der Waals surface area contributed by atoms with E-state index < -0.39 is 5.60 Å². The minimum atomic E-state index is -0.550. The van der Waals surface area contributed by atoms with E-state index in [1.54, 1.807) is 87.7 Å². The Hall–Kier alpha value is -10.5. The summed E-state index contributed by atoms with van der Waals surface area (Å²) in [5.41, 5.74) is 43.8. The predicted octanol–water partition coefficient (Wildman–Crippen LogP) is 14.9. The molecule has 562 valence electrons. The molecular weight excluding hydrogens is 1460 g/mol. The van der Waals surface area contributed by atoms with E-state index in [1.165, 1.54) is 49.6 Å². The highest BCUT2D eigenvalue weighted by molar-refractivity contribution is 7.24. The fraction of sp³-hybridized carbons (Fsp3) is 0.333. The molecule has 22 N–H and O–H groups in total. The summed E-state index contributed by atoms with van der Waals surface area (Å²) in [4.78, 5) is 29.7. The lowest BCUT2D eigenvalue weighted by Crippen LogP contribution is -2.48. The number of pyridine rings is 5. The van der Waals surface area contributed by atoms with Crippen molar-refractivity contribution >= 4 is 165 Å². The molecule has 3 aliphatic carbocycles. The number of hydrogen-bond acceptors (Lipinski definition) is 28. The van der Waals surface area contributed by atoms with Gasteiger partial charge in [0, 0.05) is 113 Å². The largest absolute Gasteiger partial charge is 0.396 e. The molecule has 15 heterocycles. The number of H-pyrrole nitrogens is 5. The molecule has 0 spiro atoms. The summed E-state index contributed by atoms with van der Waals surface area (Å²) in [6, 6.07) is 30.4. The van der Waals surface area contributed by atoms with Gasteiger partial charge in [0.2, 0.25) is 0 Å². The Balaban J connectivity index is 0.000000113. The summed E-state index contributed by atoms with van der Waals surface area (Å²) in [6.07, 6.45) is 20.7. The maximum absolute atomic E-state index is 9.87. The molecule has 0 unspecified atom stereocenters. The Morgan fingerprint density at radius 3 is 1.24 bits per heavy atom. The quantitative estimate of drug-likeness (QED) is 0.0337. The number of nitrogens with two attached hydrogens (primary N) is 5. The second-order valence-electron chi connectivity index (χ2n) is 28.0. The Bertz CT molecular complexity index is 5400. The number of aliphatic hydroxyl groups excluding tert-OH is 2. The van der Waals surface area contributed by atoms with E-state index in [-0.39, 0.29) is 25.3 Å². The zero-order chi connectivity index (χ0) is 75.0. The van der Waals surface area contributed by atoms with Gasteiger partial charge in [-0.2, -0.15) is 25.5 Å². The first kappa shape index (κ1) is 74.3. The average molecular weight is 1550 g/mol. The van der Waals surface area contributed by atoms with Gasteiger partial charge in [0.05, 0.1) is 138 Å². The van der Waals surface area contributed by atoms with Crippen molar-refractivity contribution < 1.29 is 15.3 Å². The number of aliphatic hydroxyl groups is 3. The van der Waals surface area contributed by atoms with Gasteiger partial charge in [-0.15, -0.1) is 56.7 Å². The normalized spacial score (nSPS) is 17.2. The number of nitrogens with zero attached hydrogens (tertiary/aromatic N) is 11. The van der Waals surface area contributed by atoms with Crippen molar-refractivity contribution in [2.45, 2.75) is 115 Å². The van der Waals surface area contributed by atoms with Crippen LogP contribution in [0.1, 0.15) is 91.4 Å². The SMILES string of the molecule is CC1(O)CC(Nc2cc(N)nc3cc(-c4ccn[nH]4)sc23)C1.CC1CCC(Nc2cc(N)nc3cc(-c4ccn[nH]4)sc23)CC1.CN(CCCO)c1cc(N)nc2cc(-c3ccn[nH]3)sc12.C[C@@H](CCO)Nc1cc(N)nc2cc(-c3ccn[nH]3)sc12.Nc1cc(NCC2CCC2)c2sc(-c3ccn[nH]3)cc2n1. The Kier molecular flexibility index (Phi) is 22.9. The van der Waals surface area contributed by atoms with Crippen LogP contribution < -0.4 is 54.8 Å². The smallest absolute Gasteiger partial charge is 0.126 e. The van der Waals surface area contributed by atoms with Crippen molar-refractivity contribution in [1.82, 2.24) is 75.9 Å². The molecule has 0 saturated heterocycles. The third-order valence-corrected chi connectivity index (χ3v) is 25.2. The maximum atomic E-state index is 9.87. The number of aromatic amines is 5. The fourth-order valence-corrected chi connectivity index (χ4v) is 18.8. The number of anilines is 10. The summed E-state index contributed by atoms with van der Waals surface area (Å²) >= 11 is 8.39. The second-order valence-corrected chi connectivity index (χ2v) is 33.3. The minimum Gasteiger partial charge on any atom is -0.396 e. The van der Waals surface area contributed by atoms with Crippen molar-refractivity contribution in [2.75, 3.05) is 88.2 Å². The first-order valence-electron chi connectivity index (χ1n) is 36.0. The van der Waals surface area contributed by atoms with Gasteiger partial charge in [0.25, 0.3) is 0 Å². The molecule has 0 aliphatic heterocycles. The van der Waals surface area contributed by atoms with Gasteiger partial charge in [0.15, 0.2) is 0 Å². The van der Waals surface area contributed by atoms with E-state index in [1.807, 2.05) is 99.8 Å². The van der Waals surface area contributed by atoms with E-state index in [9.17, 15) is 5.11 Å². The van der Waals surface area contributed by atoms with E-state index in [4.69, 9.17) is 38.9 Å². The first-order valence-corrected chi connectivity index (χ1v) is 40.1. The van der Waals surface area contributed by atoms with Crippen LogP contribution in [0.2, 0.25) is 0 Å². The predicted molar refractivity (Wildman–Crippen MR) is 446 cm³/mol. The molecule has 15 aromatic heterocycles. The third kappa shape index (κ3) is 17.9. The molecule has 1 atom stereocenters. The van der Waals surface area contributed by atoms with E-state index in [2.05, 4.69) is 121 Å². The zero-order valence-electron chi connectivity index (χ0n) is 60.2. The van der Waals surface area contributed by atoms with Crippen molar-refractivity contribution in [1.29, 1.82) is 0 Å². The van der Waals surface area contributed by atoms with E-state index >= 15 is 0 Å². The van der Waals surface area contributed by atoms with Crippen LogP contribution in [-0.4, -0.2) is 148 Å².